The Morgan fingerprint density at radius 2 is 2.36 bits per heavy atom. The van der Waals surface area contributed by atoms with Crippen molar-refractivity contribution in [3.63, 3.8) is 0 Å². The number of anilines is 1. The molecule has 0 bridgehead atoms. The maximum Gasteiger partial charge on any atom is 0.325 e. The molecular formula is C15H21N5O2. The van der Waals surface area contributed by atoms with E-state index in [-0.39, 0.29) is 12.0 Å². The van der Waals surface area contributed by atoms with E-state index in [2.05, 4.69) is 19.9 Å². The number of carbonyl (C=O) groups excluding carboxylic acids is 1. The molecule has 0 unspecified atom stereocenters. The molecule has 2 amide bonds. The van der Waals surface area contributed by atoms with Crippen LogP contribution in [0.2, 0.25) is 0 Å². The lowest BCUT2D eigenvalue weighted by Crippen LogP contribution is -2.37. The fraction of sp³-hybridized carbons (Fsp3) is 0.533. The third-order valence-corrected chi connectivity index (χ3v) is 4.17. The quantitative estimate of drug-likeness (QED) is 0.943. The zero-order chi connectivity index (χ0) is 15.7. The van der Waals surface area contributed by atoms with Crippen LogP contribution in [0.1, 0.15) is 23.7 Å². The summed E-state index contributed by atoms with van der Waals surface area (Å²) >= 11 is 0. The lowest BCUT2D eigenvalue weighted by molar-refractivity contribution is 0.207. The molecule has 1 atom stereocenters. The third-order valence-electron chi connectivity index (χ3n) is 4.17. The summed E-state index contributed by atoms with van der Waals surface area (Å²) in [5.74, 6) is 2.25. The zero-order valence-electron chi connectivity index (χ0n) is 13.2. The van der Waals surface area contributed by atoms with E-state index in [0.717, 1.165) is 36.7 Å². The van der Waals surface area contributed by atoms with Crippen molar-refractivity contribution in [3.8, 4) is 0 Å². The minimum Gasteiger partial charge on any atom is -0.428 e. The molecule has 2 aromatic heterocycles. The van der Waals surface area contributed by atoms with Gasteiger partial charge in [0.2, 0.25) is 0 Å². The lowest BCUT2D eigenvalue weighted by atomic mass is 9.97. The van der Waals surface area contributed by atoms with Gasteiger partial charge in [-0.05, 0) is 26.2 Å². The van der Waals surface area contributed by atoms with Crippen molar-refractivity contribution >= 4 is 12.0 Å². The van der Waals surface area contributed by atoms with Crippen LogP contribution in [0.25, 0.3) is 0 Å². The number of aromatic nitrogens is 3. The number of aryl methyl sites for hydroxylation is 3. The Morgan fingerprint density at radius 3 is 3.09 bits per heavy atom. The van der Waals surface area contributed by atoms with Crippen LogP contribution < -0.4 is 5.32 Å². The van der Waals surface area contributed by atoms with Crippen molar-refractivity contribution in [2.24, 2.45) is 5.92 Å². The van der Waals surface area contributed by atoms with Crippen molar-refractivity contribution in [1.29, 1.82) is 0 Å². The van der Waals surface area contributed by atoms with Crippen molar-refractivity contribution in [2.75, 3.05) is 18.9 Å². The first-order chi connectivity index (χ1) is 10.5. The average Bonchev–Trinajstić information content (AvgIpc) is 3.05. The summed E-state index contributed by atoms with van der Waals surface area (Å²) < 4.78 is 7.55. The molecule has 1 N–H and O–H groups in total. The third kappa shape index (κ3) is 2.98. The number of nitrogens with zero attached hydrogens (tertiary/aromatic N) is 4. The lowest BCUT2D eigenvalue weighted by Gasteiger charge is -2.27. The topological polar surface area (TPSA) is 76.2 Å². The maximum absolute atomic E-state index is 12.2. The van der Waals surface area contributed by atoms with Crippen LogP contribution in [0.4, 0.5) is 10.8 Å². The molecular weight excluding hydrogens is 282 g/mol. The van der Waals surface area contributed by atoms with Crippen LogP contribution in [-0.2, 0) is 13.0 Å². The highest BCUT2D eigenvalue weighted by Gasteiger charge is 2.22. The van der Waals surface area contributed by atoms with Gasteiger partial charge in [-0.15, -0.1) is 0 Å². The summed E-state index contributed by atoms with van der Waals surface area (Å²) in [6.45, 7) is 5.33. The largest absolute Gasteiger partial charge is 0.428 e. The summed E-state index contributed by atoms with van der Waals surface area (Å²) in [6, 6.07) is 0.0567. The Labute approximate surface area is 129 Å². The van der Waals surface area contributed by atoms with Gasteiger partial charge in [0, 0.05) is 39.0 Å². The minimum absolute atomic E-state index is 0.199. The highest BCUT2D eigenvalue weighted by Crippen LogP contribution is 2.20. The first-order valence-electron chi connectivity index (χ1n) is 7.49. The molecule has 3 rings (SSSR count). The highest BCUT2D eigenvalue weighted by molar-refractivity contribution is 5.86. The Kier molecular flexibility index (Phi) is 3.87. The van der Waals surface area contributed by atoms with Crippen molar-refractivity contribution in [2.45, 2.75) is 33.2 Å². The van der Waals surface area contributed by atoms with Gasteiger partial charge in [0.15, 0.2) is 0 Å². The molecule has 22 heavy (non-hydrogen) atoms. The number of rotatable bonds is 3. The van der Waals surface area contributed by atoms with E-state index in [9.17, 15) is 4.79 Å². The van der Waals surface area contributed by atoms with E-state index in [0.29, 0.717) is 12.5 Å². The molecule has 0 aliphatic carbocycles. The van der Waals surface area contributed by atoms with Crippen molar-refractivity contribution in [1.82, 2.24) is 19.4 Å². The molecule has 7 heteroatoms. The second-order valence-electron chi connectivity index (χ2n) is 5.87. The fourth-order valence-corrected chi connectivity index (χ4v) is 2.75. The summed E-state index contributed by atoms with van der Waals surface area (Å²) in [5, 5.41) is 2.70. The van der Waals surface area contributed by atoms with Crippen LogP contribution in [-0.4, -0.2) is 39.1 Å². The molecule has 1 aliphatic rings. The van der Waals surface area contributed by atoms with Gasteiger partial charge in [-0.1, -0.05) is 0 Å². The fourth-order valence-electron chi connectivity index (χ4n) is 2.75. The van der Waals surface area contributed by atoms with Gasteiger partial charge < -0.3 is 13.9 Å². The van der Waals surface area contributed by atoms with Crippen molar-refractivity contribution in [3.05, 3.63) is 29.7 Å². The number of urea groups is 1. The average molecular weight is 303 g/mol. The van der Waals surface area contributed by atoms with E-state index in [1.165, 1.54) is 0 Å². The van der Waals surface area contributed by atoms with Crippen LogP contribution in [0, 0.1) is 19.8 Å². The SMILES string of the molecule is Cc1nc(NC(=O)N(C)C[C@H]2CCn3ccnc3C2)oc1C. The number of hydrogen-bond acceptors (Lipinski definition) is 4. The first-order valence-corrected chi connectivity index (χ1v) is 7.49. The van der Waals surface area contributed by atoms with Crippen LogP contribution in [0.5, 0.6) is 0 Å². The molecule has 3 heterocycles. The van der Waals surface area contributed by atoms with E-state index >= 15 is 0 Å². The van der Waals surface area contributed by atoms with E-state index in [1.54, 1.807) is 11.9 Å². The summed E-state index contributed by atoms with van der Waals surface area (Å²) in [4.78, 5) is 22.4. The Balaban J connectivity index is 1.55. The number of nitrogens with one attached hydrogen (secondary N) is 1. The van der Waals surface area contributed by atoms with E-state index in [4.69, 9.17) is 4.42 Å². The van der Waals surface area contributed by atoms with Gasteiger partial charge in [-0.2, -0.15) is 4.98 Å². The summed E-state index contributed by atoms with van der Waals surface area (Å²) in [5.41, 5.74) is 0.789. The molecule has 7 nitrogen and oxygen atoms in total. The van der Waals surface area contributed by atoms with E-state index in [1.807, 2.05) is 26.2 Å². The molecule has 0 radical (unpaired) electrons. The second-order valence-corrected chi connectivity index (χ2v) is 5.87. The van der Waals surface area contributed by atoms with Gasteiger partial charge in [0.1, 0.15) is 11.6 Å². The summed E-state index contributed by atoms with van der Waals surface area (Å²) in [7, 11) is 1.79. The predicted molar refractivity (Wildman–Crippen MR) is 81.7 cm³/mol. The van der Waals surface area contributed by atoms with Crippen LogP contribution in [0.3, 0.4) is 0 Å². The Hall–Kier alpha value is -2.31. The van der Waals surface area contributed by atoms with Gasteiger partial charge in [0.25, 0.3) is 0 Å². The molecule has 0 fully saturated rings. The van der Waals surface area contributed by atoms with Gasteiger partial charge in [-0.25, -0.2) is 9.78 Å². The number of imidazole rings is 1. The normalized spacial score (nSPS) is 17.1. The Bertz CT molecular complexity index is 656. The number of oxazole rings is 1. The van der Waals surface area contributed by atoms with Crippen LogP contribution in [0.15, 0.2) is 16.8 Å². The molecule has 2 aromatic rings. The number of fused-ring (bicyclic) bond motifs is 1. The second kappa shape index (κ2) is 5.82. The highest BCUT2D eigenvalue weighted by atomic mass is 16.4. The molecule has 0 spiro atoms. The maximum atomic E-state index is 12.2. The number of carbonyl (C=O) groups is 1. The first kappa shape index (κ1) is 14.6. The van der Waals surface area contributed by atoms with E-state index < -0.39 is 0 Å². The molecule has 118 valence electrons. The molecule has 0 saturated heterocycles. The standard InChI is InChI=1S/C15H21N5O2/c1-10-11(2)22-14(17-10)18-15(21)19(3)9-12-4-6-20-7-5-16-13(20)8-12/h5,7,12H,4,6,8-9H2,1-3H3,(H,17,18,21)/t12-/m0/s1. The zero-order valence-corrected chi connectivity index (χ0v) is 13.2. The van der Waals surface area contributed by atoms with Gasteiger partial charge in [0.05, 0.1) is 5.69 Å². The molecule has 0 saturated carbocycles. The minimum atomic E-state index is -0.199. The number of amides is 2. The van der Waals surface area contributed by atoms with Crippen LogP contribution >= 0.6 is 0 Å². The van der Waals surface area contributed by atoms with Gasteiger partial charge in [-0.3, -0.25) is 5.32 Å². The Morgan fingerprint density at radius 1 is 1.55 bits per heavy atom. The monoisotopic (exact) mass is 303 g/mol. The summed E-state index contributed by atoms with van der Waals surface area (Å²) in [6.07, 6.45) is 5.80. The van der Waals surface area contributed by atoms with Crippen molar-refractivity contribution < 1.29 is 9.21 Å². The predicted octanol–water partition coefficient (Wildman–Crippen LogP) is 2.21. The smallest absolute Gasteiger partial charge is 0.325 e. The molecule has 1 aliphatic heterocycles. The number of hydrogen-bond donors (Lipinski definition) is 1. The molecule has 0 aromatic carbocycles. The van der Waals surface area contributed by atoms with Gasteiger partial charge >= 0.3 is 12.0 Å².